The molecule has 0 saturated heterocycles. The van der Waals surface area contributed by atoms with Crippen molar-refractivity contribution in [1.29, 1.82) is 0 Å². The van der Waals surface area contributed by atoms with E-state index in [4.69, 9.17) is 9.72 Å². The zero-order valence-electron chi connectivity index (χ0n) is 12.7. The van der Waals surface area contributed by atoms with Gasteiger partial charge in [-0.1, -0.05) is 20.8 Å². The van der Waals surface area contributed by atoms with Crippen LogP contribution in [-0.2, 0) is 24.3 Å². The van der Waals surface area contributed by atoms with E-state index in [1.54, 1.807) is 7.11 Å². The molecule has 0 saturated carbocycles. The molecule has 0 unspecified atom stereocenters. The van der Waals surface area contributed by atoms with Crippen LogP contribution in [0.1, 0.15) is 36.3 Å². The summed E-state index contributed by atoms with van der Waals surface area (Å²) < 4.78 is 5.24. The van der Waals surface area contributed by atoms with E-state index in [9.17, 15) is 0 Å². The van der Waals surface area contributed by atoms with E-state index < -0.39 is 0 Å². The molecule has 0 atom stereocenters. The molecule has 5 heteroatoms. The predicted octanol–water partition coefficient (Wildman–Crippen LogP) is 2.28. The lowest BCUT2D eigenvalue weighted by atomic mass is 10.3. The molecule has 4 nitrogen and oxygen atoms in total. The summed E-state index contributed by atoms with van der Waals surface area (Å²) in [6.45, 7) is 12.3. The van der Waals surface area contributed by atoms with E-state index in [-0.39, 0.29) is 0 Å². The van der Waals surface area contributed by atoms with Gasteiger partial charge in [0.1, 0.15) is 0 Å². The molecule has 0 amide bonds. The Hall–Kier alpha value is -0.490. The predicted molar refractivity (Wildman–Crippen MR) is 81.7 cm³/mol. The molecule has 0 radical (unpaired) electrons. The van der Waals surface area contributed by atoms with Crippen molar-refractivity contribution in [3.05, 3.63) is 15.6 Å². The van der Waals surface area contributed by atoms with E-state index >= 15 is 0 Å². The third kappa shape index (κ3) is 5.57. The number of likely N-dealkylation sites (N-methyl/N-ethyl adjacent to an activating group) is 1. The fraction of sp³-hybridized carbons (Fsp3) is 0.786. The highest BCUT2D eigenvalue weighted by molar-refractivity contribution is 7.11. The molecule has 0 aromatic carbocycles. The third-order valence-electron chi connectivity index (χ3n) is 3.18. The van der Waals surface area contributed by atoms with Crippen molar-refractivity contribution in [2.24, 2.45) is 0 Å². The summed E-state index contributed by atoms with van der Waals surface area (Å²) in [5.41, 5.74) is 1.10. The first-order chi connectivity index (χ1) is 9.24. The zero-order chi connectivity index (χ0) is 14.1. The van der Waals surface area contributed by atoms with Crippen LogP contribution in [0.3, 0.4) is 0 Å². The first-order valence-corrected chi connectivity index (χ1v) is 7.96. The molecule has 1 aromatic rings. The fourth-order valence-corrected chi connectivity index (χ4v) is 2.99. The highest BCUT2D eigenvalue weighted by atomic mass is 32.1. The summed E-state index contributed by atoms with van der Waals surface area (Å²) in [6.07, 6.45) is 1.04. The highest BCUT2D eigenvalue weighted by Gasteiger charge is 2.11. The van der Waals surface area contributed by atoms with Crippen LogP contribution >= 0.6 is 11.3 Å². The number of nitrogens with one attached hydrogen (secondary N) is 1. The van der Waals surface area contributed by atoms with E-state index in [0.29, 0.717) is 6.61 Å². The number of ether oxygens (including phenoxy) is 1. The molecule has 0 aliphatic carbocycles. The van der Waals surface area contributed by atoms with E-state index in [0.717, 1.165) is 44.8 Å². The summed E-state index contributed by atoms with van der Waals surface area (Å²) >= 11 is 1.82. The molecule has 0 aliphatic heterocycles. The average molecular weight is 285 g/mol. The average Bonchev–Trinajstić information content (AvgIpc) is 2.80. The van der Waals surface area contributed by atoms with Crippen molar-refractivity contribution in [1.82, 2.24) is 15.2 Å². The maximum Gasteiger partial charge on any atom is 0.0945 e. The SMILES string of the molecule is CCNCc1sc(CCN(CC)CC)nc1COC. The molecule has 1 heterocycles. The van der Waals surface area contributed by atoms with E-state index in [2.05, 4.69) is 31.0 Å². The quantitative estimate of drug-likeness (QED) is 0.716. The Kier molecular flexibility index (Phi) is 8.21. The maximum absolute atomic E-state index is 5.24. The molecular weight excluding hydrogens is 258 g/mol. The van der Waals surface area contributed by atoms with Gasteiger partial charge in [-0.25, -0.2) is 4.98 Å². The van der Waals surface area contributed by atoms with Gasteiger partial charge >= 0.3 is 0 Å². The van der Waals surface area contributed by atoms with Crippen molar-refractivity contribution >= 4 is 11.3 Å². The highest BCUT2D eigenvalue weighted by Crippen LogP contribution is 2.20. The third-order valence-corrected chi connectivity index (χ3v) is 4.33. The Morgan fingerprint density at radius 2 is 2.00 bits per heavy atom. The van der Waals surface area contributed by atoms with Crippen molar-refractivity contribution in [3.8, 4) is 0 Å². The van der Waals surface area contributed by atoms with Gasteiger partial charge in [0.05, 0.1) is 17.3 Å². The van der Waals surface area contributed by atoms with Gasteiger partial charge in [0.15, 0.2) is 0 Å². The summed E-state index contributed by atoms with van der Waals surface area (Å²) in [5.74, 6) is 0. The normalized spacial score (nSPS) is 11.4. The minimum atomic E-state index is 0.614. The van der Waals surface area contributed by atoms with Crippen LogP contribution in [0, 0.1) is 0 Å². The minimum absolute atomic E-state index is 0.614. The number of hydrogen-bond acceptors (Lipinski definition) is 5. The lowest BCUT2D eigenvalue weighted by Crippen LogP contribution is -2.25. The van der Waals surface area contributed by atoms with Gasteiger partial charge in [0.2, 0.25) is 0 Å². The van der Waals surface area contributed by atoms with Gasteiger partial charge in [-0.05, 0) is 19.6 Å². The maximum atomic E-state index is 5.24. The van der Waals surface area contributed by atoms with E-state index in [1.807, 2.05) is 11.3 Å². The first-order valence-electron chi connectivity index (χ1n) is 7.14. The smallest absolute Gasteiger partial charge is 0.0945 e. The molecule has 1 aromatic heterocycles. The van der Waals surface area contributed by atoms with Gasteiger partial charge < -0.3 is 15.0 Å². The van der Waals surface area contributed by atoms with Crippen LogP contribution in [0.15, 0.2) is 0 Å². The molecule has 0 spiro atoms. The van der Waals surface area contributed by atoms with Gasteiger partial charge in [0, 0.05) is 31.5 Å². The number of hydrogen-bond donors (Lipinski definition) is 1. The van der Waals surface area contributed by atoms with Crippen molar-refractivity contribution in [3.63, 3.8) is 0 Å². The monoisotopic (exact) mass is 285 g/mol. The fourth-order valence-electron chi connectivity index (χ4n) is 1.96. The van der Waals surface area contributed by atoms with Crippen LogP contribution in [0.4, 0.5) is 0 Å². The van der Waals surface area contributed by atoms with Crippen molar-refractivity contribution < 1.29 is 4.74 Å². The van der Waals surface area contributed by atoms with Gasteiger partial charge in [-0.15, -0.1) is 11.3 Å². The molecule has 0 fully saturated rings. The Morgan fingerprint density at radius 3 is 2.58 bits per heavy atom. The Morgan fingerprint density at radius 1 is 1.26 bits per heavy atom. The van der Waals surface area contributed by atoms with Crippen LogP contribution in [0.5, 0.6) is 0 Å². The summed E-state index contributed by atoms with van der Waals surface area (Å²) in [6, 6.07) is 0. The topological polar surface area (TPSA) is 37.4 Å². The minimum Gasteiger partial charge on any atom is -0.378 e. The lowest BCUT2D eigenvalue weighted by molar-refractivity contribution is 0.181. The Bertz CT molecular complexity index is 350. The number of methoxy groups -OCH3 is 1. The van der Waals surface area contributed by atoms with Crippen LogP contribution in [0.2, 0.25) is 0 Å². The second kappa shape index (κ2) is 9.42. The first kappa shape index (κ1) is 16.6. The van der Waals surface area contributed by atoms with Gasteiger partial charge in [0.25, 0.3) is 0 Å². The molecule has 0 bridgehead atoms. The number of thiazole rings is 1. The largest absolute Gasteiger partial charge is 0.378 e. The van der Waals surface area contributed by atoms with Gasteiger partial charge in [-0.3, -0.25) is 0 Å². The second-order valence-electron chi connectivity index (χ2n) is 4.47. The molecule has 19 heavy (non-hydrogen) atoms. The van der Waals surface area contributed by atoms with Crippen molar-refractivity contribution in [2.75, 3.05) is 33.3 Å². The summed E-state index contributed by atoms with van der Waals surface area (Å²) in [5, 5.41) is 4.60. The lowest BCUT2D eigenvalue weighted by Gasteiger charge is -2.16. The molecule has 0 aliphatic rings. The standard InChI is InChI=1S/C14H27N3OS/c1-5-15-10-13-12(11-18-4)16-14(19-13)8-9-17(6-2)7-3/h15H,5-11H2,1-4H3. The Labute approximate surface area is 121 Å². The number of rotatable bonds is 10. The number of nitrogens with zero attached hydrogens (tertiary/aromatic N) is 2. The summed E-state index contributed by atoms with van der Waals surface area (Å²) in [4.78, 5) is 8.47. The molecule has 110 valence electrons. The zero-order valence-corrected chi connectivity index (χ0v) is 13.5. The molecule has 1 N–H and O–H groups in total. The summed E-state index contributed by atoms with van der Waals surface area (Å²) in [7, 11) is 1.73. The number of aromatic nitrogens is 1. The van der Waals surface area contributed by atoms with Gasteiger partial charge in [-0.2, -0.15) is 0 Å². The second-order valence-corrected chi connectivity index (χ2v) is 5.64. The molecular formula is C14H27N3OS. The van der Waals surface area contributed by atoms with Crippen LogP contribution in [0.25, 0.3) is 0 Å². The van der Waals surface area contributed by atoms with E-state index in [1.165, 1.54) is 9.88 Å². The van der Waals surface area contributed by atoms with Crippen LogP contribution in [-0.4, -0.2) is 43.2 Å². The van der Waals surface area contributed by atoms with Crippen LogP contribution < -0.4 is 5.32 Å². The van der Waals surface area contributed by atoms with Crippen molar-refractivity contribution in [2.45, 2.75) is 40.3 Å². The Balaban J connectivity index is 2.62. The molecule has 1 rings (SSSR count).